The van der Waals surface area contributed by atoms with E-state index in [9.17, 15) is 14.0 Å². The van der Waals surface area contributed by atoms with E-state index in [1.165, 1.54) is 24.3 Å². The summed E-state index contributed by atoms with van der Waals surface area (Å²) >= 11 is 5.86. The van der Waals surface area contributed by atoms with Crippen LogP contribution in [0.1, 0.15) is 36.5 Å². The molecule has 2 aromatic carbocycles. The van der Waals surface area contributed by atoms with E-state index in [4.69, 9.17) is 11.6 Å². The second-order valence-electron chi connectivity index (χ2n) is 5.31. The van der Waals surface area contributed by atoms with Crippen LogP contribution in [0.2, 0.25) is 5.02 Å². The summed E-state index contributed by atoms with van der Waals surface area (Å²) in [5, 5.41) is 5.62. The monoisotopic (exact) mass is 348 g/mol. The van der Waals surface area contributed by atoms with Crippen LogP contribution in [-0.4, -0.2) is 11.8 Å². The molecule has 6 heteroatoms. The number of unbranched alkanes of at least 4 members (excludes halogenated alkanes) is 1. The van der Waals surface area contributed by atoms with E-state index in [1.54, 1.807) is 18.2 Å². The molecule has 0 radical (unpaired) electrons. The summed E-state index contributed by atoms with van der Waals surface area (Å²) in [7, 11) is 0. The van der Waals surface area contributed by atoms with Crippen LogP contribution in [0.25, 0.3) is 0 Å². The molecule has 0 atom stereocenters. The molecular formula is C18H18ClFN2O2. The molecule has 0 fully saturated rings. The molecule has 2 aromatic rings. The van der Waals surface area contributed by atoms with Gasteiger partial charge in [0.15, 0.2) is 0 Å². The van der Waals surface area contributed by atoms with Crippen LogP contribution < -0.4 is 10.6 Å². The first kappa shape index (κ1) is 17.9. The highest BCUT2D eigenvalue weighted by Gasteiger charge is 2.11. The van der Waals surface area contributed by atoms with E-state index in [0.29, 0.717) is 22.7 Å². The Morgan fingerprint density at radius 2 is 1.92 bits per heavy atom. The van der Waals surface area contributed by atoms with Gasteiger partial charge < -0.3 is 10.6 Å². The van der Waals surface area contributed by atoms with Gasteiger partial charge in [0.25, 0.3) is 5.91 Å². The summed E-state index contributed by atoms with van der Waals surface area (Å²) in [5.41, 5.74) is 0.813. The van der Waals surface area contributed by atoms with Crippen molar-refractivity contribution in [3.05, 3.63) is 58.9 Å². The van der Waals surface area contributed by atoms with Crippen molar-refractivity contribution in [2.24, 2.45) is 0 Å². The van der Waals surface area contributed by atoms with Gasteiger partial charge in [-0.05, 0) is 42.8 Å². The average Bonchev–Trinajstić information content (AvgIpc) is 2.56. The zero-order valence-corrected chi connectivity index (χ0v) is 14.0. The minimum absolute atomic E-state index is 0.0417. The number of nitrogens with one attached hydrogen (secondary N) is 2. The lowest BCUT2D eigenvalue weighted by Gasteiger charge is -2.10. The number of anilines is 2. The van der Waals surface area contributed by atoms with Crippen LogP contribution >= 0.6 is 11.6 Å². The molecular weight excluding hydrogens is 331 g/mol. The summed E-state index contributed by atoms with van der Waals surface area (Å²) in [4.78, 5) is 23.9. The topological polar surface area (TPSA) is 58.2 Å². The fourth-order valence-electron chi connectivity index (χ4n) is 2.08. The van der Waals surface area contributed by atoms with Crippen molar-refractivity contribution in [1.29, 1.82) is 0 Å². The summed E-state index contributed by atoms with van der Waals surface area (Å²) < 4.78 is 13.8. The molecule has 0 aromatic heterocycles. The SMILES string of the molecule is CCCCC(=O)Nc1cc(NC(=O)c2cccc(Cl)c2)ccc1F. The van der Waals surface area contributed by atoms with Crippen molar-refractivity contribution in [2.45, 2.75) is 26.2 Å². The van der Waals surface area contributed by atoms with Gasteiger partial charge in [0.1, 0.15) is 5.82 Å². The minimum atomic E-state index is -0.555. The molecule has 2 rings (SSSR count). The van der Waals surface area contributed by atoms with E-state index >= 15 is 0 Å². The van der Waals surface area contributed by atoms with Gasteiger partial charge >= 0.3 is 0 Å². The molecule has 0 unspecified atom stereocenters. The van der Waals surface area contributed by atoms with Crippen molar-refractivity contribution in [3.63, 3.8) is 0 Å². The largest absolute Gasteiger partial charge is 0.324 e. The molecule has 0 spiro atoms. The second-order valence-corrected chi connectivity index (χ2v) is 5.75. The van der Waals surface area contributed by atoms with Gasteiger partial charge in [-0.15, -0.1) is 0 Å². The van der Waals surface area contributed by atoms with Gasteiger partial charge in [0.2, 0.25) is 5.91 Å². The Morgan fingerprint density at radius 3 is 2.62 bits per heavy atom. The Morgan fingerprint density at radius 1 is 1.12 bits per heavy atom. The number of carbonyl (C=O) groups excluding carboxylic acids is 2. The summed E-state index contributed by atoms with van der Waals surface area (Å²) in [6.07, 6.45) is 1.94. The summed E-state index contributed by atoms with van der Waals surface area (Å²) in [5.74, 6) is -1.18. The van der Waals surface area contributed by atoms with E-state index in [0.717, 1.165) is 12.8 Å². The third kappa shape index (κ3) is 5.06. The summed E-state index contributed by atoms with van der Waals surface area (Å²) in [6.45, 7) is 1.97. The molecule has 0 heterocycles. The quantitative estimate of drug-likeness (QED) is 0.783. The van der Waals surface area contributed by atoms with Crippen molar-refractivity contribution in [3.8, 4) is 0 Å². The standard InChI is InChI=1S/C18H18ClFN2O2/c1-2-3-7-17(23)22-16-11-14(8-9-15(16)20)21-18(24)12-5-4-6-13(19)10-12/h4-6,8-11H,2-3,7H2,1H3,(H,21,24)(H,22,23). The molecule has 0 aliphatic rings. The lowest BCUT2D eigenvalue weighted by molar-refractivity contribution is -0.116. The lowest BCUT2D eigenvalue weighted by atomic mass is 10.2. The number of carbonyl (C=O) groups is 2. The van der Waals surface area contributed by atoms with E-state index in [2.05, 4.69) is 10.6 Å². The third-order valence-electron chi connectivity index (χ3n) is 3.34. The van der Waals surface area contributed by atoms with Gasteiger partial charge in [-0.1, -0.05) is 31.0 Å². The number of amides is 2. The van der Waals surface area contributed by atoms with Crippen molar-refractivity contribution in [1.82, 2.24) is 0 Å². The second kappa shape index (κ2) is 8.45. The van der Waals surface area contributed by atoms with E-state index in [-0.39, 0.29) is 17.5 Å². The highest BCUT2D eigenvalue weighted by Crippen LogP contribution is 2.21. The molecule has 0 aliphatic heterocycles. The zero-order valence-electron chi connectivity index (χ0n) is 13.2. The average molecular weight is 349 g/mol. The van der Waals surface area contributed by atoms with E-state index < -0.39 is 5.82 Å². The molecule has 0 saturated heterocycles. The smallest absolute Gasteiger partial charge is 0.255 e. The number of hydrogen-bond donors (Lipinski definition) is 2. The first-order valence-electron chi connectivity index (χ1n) is 7.66. The van der Waals surface area contributed by atoms with Crippen LogP contribution in [0.5, 0.6) is 0 Å². The van der Waals surface area contributed by atoms with Gasteiger partial charge in [0, 0.05) is 22.7 Å². The van der Waals surface area contributed by atoms with Crippen LogP contribution in [0.15, 0.2) is 42.5 Å². The number of rotatable bonds is 6. The number of hydrogen-bond acceptors (Lipinski definition) is 2. The van der Waals surface area contributed by atoms with Gasteiger partial charge in [-0.2, -0.15) is 0 Å². The zero-order chi connectivity index (χ0) is 17.5. The molecule has 2 amide bonds. The van der Waals surface area contributed by atoms with Crippen LogP contribution in [-0.2, 0) is 4.79 Å². The normalized spacial score (nSPS) is 10.3. The van der Waals surface area contributed by atoms with Crippen molar-refractivity contribution >= 4 is 34.8 Å². The Bertz CT molecular complexity index is 750. The van der Waals surface area contributed by atoms with Crippen LogP contribution in [0.3, 0.4) is 0 Å². The van der Waals surface area contributed by atoms with Crippen molar-refractivity contribution < 1.29 is 14.0 Å². The van der Waals surface area contributed by atoms with Crippen LogP contribution in [0, 0.1) is 5.82 Å². The third-order valence-corrected chi connectivity index (χ3v) is 3.58. The number of halogens is 2. The van der Waals surface area contributed by atoms with Gasteiger partial charge in [-0.25, -0.2) is 4.39 Å². The Hall–Kier alpha value is -2.40. The molecule has 24 heavy (non-hydrogen) atoms. The van der Waals surface area contributed by atoms with Gasteiger partial charge in [0.05, 0.1) is 5.69 Å². The van der Waals surface area contributed by atoms with Crippen LogP contribution in [0.4, 0.5) is 15.8 Å². The Kier molecular flexibility index (Phi) is 6.32. The first-order chi connectivity index (χ1) is 11.5. The Labute approximate surface area is 145 Å². The molecule has 4 nitrogen and oxygen atoms in total. The lowest BCUT2D eigenvalue weighted by Crippen LogP contribution is -2.14. The highest BCUT2D eigenvalue weighted by atomic mass is 35.5. The summed E-state index contributed by atoms with van der Waals surface area (Å²) in [6, 6.07) is 10.5. The van der Waals surface area contributed by atoms with Crippen molar-refractivity contribution in [2.75, 3.05) is 10.6 Å². The molecule has 2 N–H and O–H groups in total. The predicted octanol–water partition coefficient (Wildman–Crippen LogP) is 4.86. The maximum absolute atomic E-state index is 13.8. The molecule has 0 bridgehead atoms. The fourth-order valence-corrected chi connectivity index (χ4v) is 2.27. The maximum atomic E-state index is 13.8. The van der Waals surface area contributed by atoms with E-state index in [1.807, 2.05) is 6.92 Å². The number of benzene rings is 2. The first-order valence-corrected chi connectivity index (χ1v) is 8.03. The maximum Gasteiger partial charge on any atom is 0.255 e. The molecule has 126 valence electrons. The molecule has 0 saturated carbocycles. The predicted molar refractivity (Wildman–Crippen MR) is 94.0 cm³/mol. The minimum Gasteiger partial charge on any atom is -0.324 e. The fraction of sp³-hybridized carbons (Fsp3) is 0.222. The van der Waals surface area contributed by atoms with Gasteiger partial charge in [-0.3, -0.25) is 9.59 Å². The molecule has 0 aliphatic carbocycles. The highest BCUT2D eigenvalue weighted by molar-refractivity contribution is 6.31. The Balaban J connectivity index is 2.10.